The van der Waals surface area contributed by atoms with Gasteiger partial charge < -0.3 is 5.32 Å². The molecule has 1 aromatic carbocycles. The van der Waals surface area contributed by atoms with Crippen LogP contribution in [0.4, 0.5) is 13.2 Å². The van der Waals surface area contributed by atoms with Gasteiger partial charge in [-0.25, -0.2) is 0 Å². The Morgan fingerprint density at radius 2 is 2.06 bits per heavy atom. The van der Waals surface area contributed by atoms with Crippen LogP contribution in [-0.2, 0) is 11.0 Å². The summed E-state index contributed by atoms with van der Waals surface area (Å²) >= 11 is 0. The predicted molar refractivity (Wildman–Crippen MR) is 60.7 cm³/mol. The molecule has 1 saturated carbocycles. The Balaban J connectivity index is 2.27. The van der Waals surface area contributed by atoms with Crippen LogP contribution in [0.5, 0.6) is 0 Å². The Morgan fingerprint density at radius 3 is 2.56 bits per heavy atom. The first-order valence-corrected chi connectivity index (χ1v) is 5.82. The number of halogens is 3. The van der Waals surface area contributed by atoms with E-state index in [4.69, 9.17) is 0 Å². The third kappa shape index (κ3) is 3.03. The second kappa shape index (κ2) is 4.63. The highest BCUT2D eigenvalue weighted by Gasteiger charge is 2.35. The van der Waals surface area contributed by atoms with E-state index in [1.807, 2.05) is 0 Å². The van der Waals surface area contributed by atoms with Gasteiger partial charge in [-0.2, -0.15) is 13.2 Å². The first-order valence-electron chi connectivity index (χ1n) is 5.82. The molecular weight excluding hydrogens is 243 g/mol. The van der Waals surface area contributed by atoms with Gasteiger partial charge in [0.25, 0.3) is 0 Å². The fourth-order valence-corrected chi connectivity index (χ4v) is 2.03. The molecule has 0 aliphatic heterocycles. The first kappa shape index (κ1) is 12.9. The maximum absolute atomic E-state index is 12.6. The van der Waals surface area contributed by atoms with Gasteiger partial charge in [0, 0.05) is 6.92 Å². The maximum atomic E-state index is 12.6. The molecule has 0 radical (unpaired) electrons. The molecule has 1 atom stereocenters. The summed E-state index contributed by atoms with van der Waals surface area (Å²) in [5.74, 6) is 0.0432. The molecule has 1 unspecified atom stereocenters. The second-order valence-electron chi connectivity index (χ2n) is 4.64. The van der Waals surface area contributed by atoms with Crippen LogP contribution in [0, 0.1) is 5.92 Å². The van der Waals surface area contributed by atoms with Crippen molar-refractivity contribution in [1.29, 1.82) is 0 Å². The van der Waals surface area contributed by atoms with E-state index in [0.717, 1.165) is 25.0 Å². The van der Waals surface area contributed by atoms with Crippen LogP contribution >= 0.6 is 0 Å². The predicted octanol–water partition coefficient (Wildman–Crippen LogP) is 3.29. The summed E-state index contributed by atoms with van der Waals surface area (Å²) in [6, 6.07) is 4.88. The Hall–Kier alpha value is -1.52. The molecule has 0 heterocycles. The van der Waals surface area contributed by atoms with E-state index in [2.05, 4.69) is 5.32 Å². The molecule has 1 amide bonds. The van der Waals surface area contributed by atoms with Crippen LogP contribution in [0.3, 0.4) is 0 Å². The van der Waals surface area contributed by atoms with E-state index in [1.165, 1.54) is 13.0 Å². The quantitative estimate of drug-likeness (QED) is 0.884. The van der Waals surface area contributed by atoms with Gasteiger partial charge in [-0.05, 0) is 36.5 Å². The van der Waals surface area contributed by atoms with Crippen LogP contribution in [0.25, 0.3) is 0 Å². The van der Waals surface area contributed by atoms with Gasteiger partial charge in [0.05, 0.1) is 11.6 Å². The monoisotopic (exact) mass is 257 g/mol. The van der Waals surface area contributed by atoms with Crippen LogP contribution in [0.1, 0.15) is 36.9 Å². The lowest BCUT2D eigenvalue weighted by Crippen LogP contribution is -2.27. The van der Waals surface area contributed by atoms with E-state index in [9.17, 15) is 18.0 Å². The Morgan fingerprint density at radius 1 is 1.39 bits per heavy atom. The van der Waals surface area contributed by atoms with Crippen LogP contribution in [0.2, 0.25) is 0 Å². The van der Waals surface area contributed by atoms with Gasteiger partial charge in [-0.3, -0.25) is 4.79 Å². The molecule has 0 spiro atoms. The lowest BCUT2D eigenvalue weighted by atomic mass is 10.00. The SMILES string of the molecule is CC(=O)NC(c1cccc(C(F)(F)F)c1)C1CC1. The number of rotatable bonds is 3. The number of carbonyl (C=O) groups excluding carboxylic acids is 1. The molecule has 0 aromatic heterocycles. The molecular formula is C13H14F3NO. The third-order valence-corrected chi connectivity index (χ3v) is 3.03. The average molecular weight is 257 g/mol. The second-order valence-corrected chi connectivity index (χ2v) is 4.64. The van der Waals surface area contributed by atoms with E-state index in [0.29, 0.717) is 5.56 Å². The van der Waals surface area contributed by atoms with E-state index < -0.39 is 11.7 Å². The topological polar surface area (TPSA) is 29.1 Å². The number of hydrogen-bond acceptors (Lipinski definition) is 1. The molecule has 1 N–H and O–H groups in total. The van der Waals surface area contributed by atoms with Gasteiger partial charge in [0.2, 0.25) is 5.91 Å². The van der Waals surface area contributed by atoms with Gasteiger partial charge in [-0.15, -0.1) is 0 Å². The van der Waals surface area contributed by atoms with Gasteiger partial charge in [-0.1, -0.05) is 12.1 Å². The molecule has 0 saturated heterocycles. The fourth-order valence-electron chi connectivity index (χ4n) is 2.03. The van der Waals surface area contributed by atoms with Crippen LogP contribution in [-0.4, -0.2) is 5.91 Å². The fraction of sp³-hybridized carbons (Fsp3) is 0.462. The molecule has 2 nitrogen and oxygen atoms in total. The van der Waals surface area contributed by atoms with Crippen LogP contribution in [0.15, 0.2) is 24.3 Å². The summed E-state index contributed by atoms with van der Waals surface area (Å²) < 4.78 is 37.9. The largest absolute Gasteiger partial charge is 0.416 e. The molecule has 5 heteroatoms. The average Bonchev–Trinajstić information content (AvgIpc) is 3.08. The van der Waals surface area contributed by atoms with Crippen molar-refractivity contribution < 1.29 is 18.0 Å². The smallest absolute Gasteiger partial charge is 0.349 e. The lowest BCUT2D eigenvalue weighted by molar-refractivity contribution is -0.137. The summed E-state index contributed by atoms with van der Waals surface area (Å²) in [5, 5.41) is 2.73. The van der Waals surface area contributed by atoms with E-state index in [-0.39, 0.29) is 17.9 Å². The normalized spacial score (nSPS) is 17.3. The van der Waals surface area contributed by atoms with Gasteiger partial charge >= 0.3 is 6.18 Å². The van der Waals surface area contributed by atoms with Crippen LogP contribution < -0.4 is 5.32 Å². The minimum atomic E-state index is -4.35. The summed E-state index contributed by atoms with van der Waals surface area (Å²) in [6.07, 6.45) is -2.46. The zero-order valence-electron chi connectivity index (χ0n) is 9.92. The molecule has 1 aliphatic carbocycles. The molecule has 98 valence electrons. The molecule has 1 aliphatic rings. The van der Waals surface area contributed by atoms with Crippen molar-refractivity contribution in [2.75, 3.05) is 0 Å². The maximum Gasteiger partial charge on any atom is 0.416 e. The summed E-state index contributed by atoms with van der Waals surface area (Å²) in [7, 11) is 0. The van der Waals surface area contributed by atoms with Gasteiger partial charge in [0.15, 0.2) is 0 Å². The minimum absolute atomic E-state index is 0.218. The molecule has 1 fully saturated rings. The van der Waals surface area contributed by atoms with E-state index >= 15 is 0 Å². The third-order valence-electron chi connectivity index (χ3n) is 3.03. The Kier molecular flexibility index (Phi) is 3.32. The summed E-state index contributed by atoms with van der Waals surface area (Å²) in [5.41, 5.74) is -0.140. The van der Waals surface area contributed by atoms with Crippen molar-refractivity contribution in [3.8, 4) is 0 Å². The Bertz CT molecular complexity index is 452. The minimum Gasteiger partial charge on any atom is -0.349 e. The highest BCUT2D eigenvalue weighted by atomic mass is 19.4. The number of alkyl halides is 3. The van der Waals surface area contributed by atoms with Crippen molar-refractivity contribution in [3.05, 3.63) is 35.4 Å². The lowest BCUT2D eigenvalue weighted by Gasteiger charge is -2.19. The van der Waals surface area contributed by atoms with Crippen molar-refractivity contribution in [3.63, 3.8) is 0 Å². The number of benzene rings is 1. The zero-order valence-corrected chi connectivity index (χ0v) is 9.92. The Labute approximate surface area is 103 Å². The number of hydrogen-bond donors (Lipinski definition) is 1. The van der Waals surface area contributed by atoms with Crippen molar-refractivity contribution in [1.82, 2.24) is 5.32 Å². The van der Waals surface area contributed by atoms with E-state index in [1.54, 1.807) is 6.07 Å². The molecule has 0 bridgehead atoms. The highest BCUT2D eigenvalue weighted by molar-refractivity contribution is 5.73. The van der Waals surface area contributed by atoms with Crippen molar-refractivity contribution in [2.45, 2.75) is 32.0 Å². The summed E-state index contributed by atoms with van der Waals surface area (Å²) in [4.78, 5) is 11.1. The summed E-state index contributed by atoms with van der Waals surface area (Å²) in [6.45, 7) is 1.38. The zero-order chi connectivity index (χ0) is 13.3. The molecule has 2 rings (SSSR count). The first-order chi connectivity index (χ1) is 8.38. The van der Waals surface area contributed by atoms with Crippen molar-refractivity contribution >= 4 is 5.91 Å². The van der Waals surface area contributed by atoms with Gasteiger partial charge in [0.1, 0.15) is 0 Å². The molecule has 18 heavy (non-hydrogen) atoms. The standard InChI is InChI=1S/C13H14F3NO/c1-8(18)17-12(9-5-6-9)10-3-2-4-11(7-10)13(14,15)16/h2-4,7,9,12H,5-6H2,1H3,(H,17,18). The number of carbonyl (C=O) groups is 1. The molecule has 1 aromatic rings. The number of amides is 1. The number of nitrogens with one attached hydrogen (secondary N) is 1. The highest BCUT2D eigenvalue weighted by Crippen LogP contribution is 2.42. The van der Waals surface area contributed by atoms with Crippen molar-refractivity contribution in [2.24, 2.45) is 5.92 Å².